The summed E-state index contributed by atoms with van der Waals surface area (Å²) < 4.78 is 0. The van der Waals surface area contributed by atoms with Crippen LogP contribution in [-0.4, -0.2) is 29.6 Å². The Labute approximate surface area is 64.3 Å². The van der Waals surface area contributed by atoms with Gasteiger partial charge in [-0.05, 0) is 12.8 Å². The fourth-order valence-corrected chi connectivity index (χ4v) is 0.864. The van der Waals surface area contributed by atoms with E-state index in [1.54, 1.807) is 0 Å². The maximum absolute atomic E-state index is 10.9. The first-order valence-electron chi connectivity index (χ1n) is 3.49. The summed E-state index contributed by atoms with van der Waals surface area (Å²) in [5.74, 6) is -0.375. The smallest absolute Gasteiger partial charge is 0.255 e. The number of aliphatic hydroxyl groups excluding tert-OH is 1. The van der Waals surface area contributed by atoms with Crippen molar-refractivity contribution in [2.24, 2.45) is 10.7 Å². The first-order valence-corrected chi connectivity index (χ1v) is 3.49. The van der Waals surface area contributed by atoms with Gasteiger partial charge in [0.15, 0.2) is 5.96 Å². The molecule has 0 aromatic rings. The molecule has 0 bridgehead atoms. The first-order chi connectivity index (χ1) is 5.20. The summed E-state index contributed by atoms with van der Waals surface area (Å²) in [5.41, 5.74) is 5.26. The third-order valence-electron chi connectivity index (χ3n) is 1.47. The van der Waals surface area contributed by atoms with Crippen LogP contribution in [-0.2, 0) is 4.79 Å². The number of nitrogens with two attached hydrogens (primary N) is 1. The molecule has 0 spiro atoms. The number of aliphatic hydroxyl groups is 1. The molecule has 0 saturated heterocycles. The van der Waals surface area contributed by atoms with Crippen LogP contribution >= 0.6 is 0 Å². The van der Waals surface area contributed by atoms with Crippen molar-refractivity contribution in [1.29, 1.82) is 0 Å². The molecule has 1 unspecified atom stereocenters. The second-order valence-corrected chi connectivity index (χ2v) is 2.41. The van der Waals surface area contributed by atoms with Crippen LogP contribution in [0.3, 0.4) is 0 Å². The third-order valence-corrected chi connectivity index (χ3v) is 1.47. The van der Waals surface area contributed by atoms with E-state index in [9.17, 15) is 4.79 Å². The van der Waals surface area contributed by atoms with E-state index in [1.165, 1.54) is 0 Å². The minimum atomic E-state index is -0.941. The molecular formula is C6H11N3O2. The molecule has 1 aliphatic rings. The van der Waals surface area contributed by atoms with Crippen molar-refractivity contribution in [2.75, 3.05) is 6.54 Å². The molecule has 5 nitrogen and oxygen atoms in total. The molecule has 11 heavy (non-hydrogen) atoms. The number of aliphatic imine (C=N–C) groups is 1. The summed E-state index contributed by atoms with van der Waals surface area (Å²) >= 11 is 0. The largest absolute Gasteiger partial charge is 0.383 e. The van der Waals surface area contributed by atoms with Gasteiger partial charge in [0.25, 0.3) is 5.91 Å². The van der Waals surface area contributed by atoms with Gasteiger partial charge in [-0.2, -0.15) is 0 Å². The Morgan fingerprint density at radius 3 is 3.18 bits per heavy atom. The van der Waals surface area contributed by atoms with Gasteiger partial charge >= 0.3 is 0 Å². The maximum Gasteiger partial charge on any atom is 0.255 e. The lowest BCUT2D eigenvalue weighted by molar-refractivity contribution is -0.128. The average molecular weight is 157 g/mol. The molecule has 1 atom stereocenters. The highest BCUT2D eigenvalue weighted by molar-refractivity contribution is 5.98. The van der Waals surface area contributed by atoms with Crippen molar-refractivity contribution in [3.8, 4) is 0 Å². The summed E-state index contributed by atoms with van der Waals surface area (Å²) in [7, 11) is 0. The molecule has 1 aliphatic heterocycles. The fourth-order valence-electron chi connectivity index (χ4n) is 0.864. The van der Waals surface area contributed by atoms with Gasteiger partial charge in [0.2, 0.25) is 0 Å². The van der Waals surface area contributed by atoms with Crippen LogP contribution in [0.1, 0.15) is 12.8 Å². The molecule has 0 radical (unpaired) electrons. The van der Waals surface area contributed by atoms with E-state index in [0.29, 0.717) is 19.4 Å². The van der Waals surface area contributed by atoms with Gasteiger partial charge in [0, 0.05) is 6.54 Å². The maximum atomic E-state index is 10.9. The summed E-state index contributed by atoms with van der Waals surface area (Å²) in [6, 6.07) is 0. The highest BCUT2D eigenvalue weighted by Crippen LogP contribution is 1.99. The fraction of sp³-hybridized carbons (Fsp3) is 0.667. The molecule has 4 N–H and O–H groups in total. The van der Waals surface area contributed by atoms with Crippen molar-refractivity contribution in [1.82, 2.24) is 5.32 Å². The predicted octanol–water partition coefficient (Wildman–Crippen LogP) is -1.43. The zero-order valence-corrected chi connectivity index (χ0v) is 6.08. The second-order valence-electron chi connectivity index (χ2n) is 2.41. The van der Waals surface area contributed by atoms with Gasteiger partial charge in [0.05, 0.1) is 0 Å². The van der Waals surface area contributed by atoms with Gasteiger partial charge in [-0.25, -0.2) is 0 Å². The zero-order chi connectivity index (χ0) is 8.27. The predicted molar refractivity (Wildman–Crippen MR) is 39.9 cm³/mol. The van der Waals surface area contributed by atoms with E-state index in [0.717, 1.165) is 0 Å². The number of hydrogen-bond donors (Lipinski definition) is 3. The quantitative estimate of drug-likeness (QED) is 0.403. The van der Waals surface area contributed by atoms with Crippen molar-refractivity contribution >= 4 is 11.9 Å². The van der Waals surface area contributed by atoms with Crippen molar-refractivity contribution in [2.45, 2.75) is 18.9 Å². The number of nitrogens with zero attached hydrogens (tertiary/aromatic N) is 1. The highest BCUT2D eigenvalue weighted by atomic mass is 16.3. The minimum absolute atomic E-state index is 0.0914. The number of carbonyl (C=O) groups is 1. The lowest BCUT2D eigenvalue weighted by Crippen LogP contribution is -2.44. The number of rotatable bonds is 0. The van der Waals surface area contributed by atoms with Gasteiger partial charge in [-0.1, -0.05) is 0 Å². The molecule has 62 valence electrons. The minimum Gasteiger partial charge on any atom is -0.383 e. The Balaban J connectivity index is 2.61. The van der Waals surface area contributed by atoms with Crippen molar-refractivity contribution < 1.29 is 9.90 Å². The number of nitrogens with one attached hydrogen (secondary N) is 1. The van der Waals surface area contributed by atoms with E-state index in [1.807, 2.05) is 0 Å². The highest BCUT2D eigenvalue weighted by Gasteiger charge is 2.16. The van der Waals surface area contributed by atoms with Crippen LogP contribution in [0.5, 0.6) is 0 Å². The standard InChI is InChI=1S/C6H11N3O2/c7-6-8-3-1-2-4(10)5(11)9-6/h4,10H,1-3H2,(H3,7,8,9,11). The van der Waals surface area contributed by atoms with E-state index in [2.05, 4.69) is 10.3 Å². The van der Waals surface area contributed by atoms with Crippen LogP contribution in [0, 0.1) is 0 Å². The lowest BCUT2D eigenvalue weighted by Gasteiger charge is -2.12. The molecule has 0 aromatic heterocycles. The lowest BCUT2D eigenvalue weighted by atomic mass is 10.2. The topological polar surface area (TPSA) is 87.7 Å². The first kappa shape index (κ1) is 8.00. The number of guanidine groups is 1. The Bertz CT molecular complexity index is 190. The van der Waals surface area contributed by atoms with E-state index in [4.69, 9.17) is 10.8 Å². The Morgan fingerprint density at radius 1 is 1.73 bits per heavy atom. The SMILES string of the molecule is NC1=NCCCC(O)C(=O)N1. The van der Waals surface area contributed by atoms with Crippen LogP contribution in [0.15, 0.2) is 4.99 Å². The van der Waals surface area contributed by atoms with Crippen LogP contribution in [0.4, 0.5) is 0 Å². The van der Waals surface area contributed by atoms with Gasteiger partial charge in [-0.15, -0.1) is 0 Å². The van der Waals surface area contributed by atoms with E-state index >= 15 is 0 Å². The number of amides is 1. The molecule has 5 heteroatoms. The zero-order valence-electron chi connectivity index (χ0n) is 6.08. The molecule has 1 rings (SSSR count). The van der Waals surface area contributed by atoms with Crippen LogP contribution < -0.4 is 11.1 Å². The van der Waals surface area contributed by atoms with Crippen molar-refractivity contribution in [3.63, 3.8) is 0 Å². The number of hydrogen-bond acceptors (Lipinski definition) is 4. The Morgan fingerprint density at radius 2 is 2.45 bits per heavy atom. The summed E-state index contributed by atoms with van der Waals surface area (Å²) in [4.78, 5) is 14.7. The van der Waals surface area contributed by atoms with E-state index in [-0.39, 0.29) is 5.96 Å². The summed E-state index contributed by atoms with van der Waals surface area (Å²) in [6.45, 7) is 0.559. The summed E-state index contributed by atoms with van der Waals surface area (Å²) in [5, 5.41) is 11.3. The monoisotopic (exact) mass is 157 g/mol. The molecular weight excluding hydrogens is 146 g/mol. The molecule has 0 saturated carbocycles. The van der Waals surface area contributed by atoms with Crippen molar-refractivity contribution in [3.05, 3.63) is 0 Å². The van der Waals surface area contributed by atoms with Crippen LogP contribution in [0.2, 0.25) is 0 Å². The average Bonchev–Trinajstić information content (AvgIpc) is 1.95. The molecule has 0 fully saturated rings. The second kappa shape index (κ2) is 3.34. The number of carbonyl (C=O) groups excluding carboxylic acids is 1. The normalized spacial score (nSPS) is 26.5. The Kier molecular flexibility index (Phi) is 2.43. The summed E-state index contributed by atoms with van der Waals surface area (Å²) in [6.07, 6.45) is 0.196. The van der Waals surface area contributed by atoms with Crippen LogP contribution in [0.25, 0.3) is 0 Å². The Hall–Kier alpha value is -1.10. The van der Waals surface area contributed by atoms with Gasteiger partial charge in [-0.3, -0.25) is 15.1 Å². The van der Waals surface area contributed by atoms with Gasteiger partial charge < -0.3 is 10.8 Å². The molecule has 0 aromatic carbocycles. The molecule has 1 heterocycles. The molecule has 1 amide bonds. The molecule has 0 aliphatic carbocycles. The van der Waals surface area contributed by atoms with Gasteiger partial charge in [0.1, 0.15) is 6.10 Å². The van der Waals surface area contributed by atoms with E-state index < -0.39 is 12.0 Å². The third kappa shape index (κ3) is 2.19.